The summed E-state index contributed by atoms with van der Waals surface area (Å²) in [5.74, 6) is 1.02. The van der Waals surface area contributed by atoms with Gasteiger partial charge in [-0.3, -0.25) is 4.90 Å². The number of aromatic nitrogens is 2. The highest BCUT2D eigenvalue weighted by atomic mass is 16.3. The first-order chi connectivity index (χ1) is 7.30. The molecule has 0 spiro atoms. The van der Waals surface area contributed by atoms with E-state index in [9.17, 15) is 5.11 Å². The summed E-state index contributed by atoms with van der Waals surface area (Å²) in [6, 6.07) is 0. The lowest BCUT2D eigenvalue weighted by atomic mass is 9.89. The molecule has 0 aliphatic rings. The first-order valence-corrected chi connectivity index (χ1v) is 5.63. The van der Waals surface area contributed by atoms with Crippen molar-refractivity contribution in [3.63, 3.8) is 0 Å². The van der Waals surface area contributed by atoms with Crippen LogP contribution in [0, 0.1) is 5.41 Å². The lowest BCUT2D eigenvalue weighted by molar-refractivity contribution is 0.0326. The Labute approximate surface area is 97.9 Å². The zero-order valence-electron chi connectivity index (χ0n) is 10.9. The molecule has 1 atom stereocenters. The molecular formula is C12H23N3O. The van der Waals surface area contributed by atoms with Crippen molar-refractivity contribution >= 4 is 0 Å². The van der Waals surface area contributed by atoms with E-state index in [0.29, 0.717) is 6.54 Å². The second-order valence-electron chi connectivity index (χ2n) is 5.53. The Hall–Kier alpha value is -0.870. The predicted octanol–water partition coefficient (Wildman–Crippen LogP) is 1.26. The van der Waals surface area contributed by atoms with Crippen molar-refractivity contribution in [2.24, 2.45) is 12.5 Å². The van der Waals surface area contributed by atoms with Crippen LogP contribution >= 0.6 is 0 Å². The molecule has 92 valence electrons. The maximum absolute atomic E-state index is 9.99. The molecule has 1 aromatic heterocycles. The summed E-state index contributed by atoms with van der Waals surface area (Å²) in [5, 5.41) is 9.99. The second-order valence-corrected chi connectivity index (χ2v) is 5.53. The van der Waals surface area contributed by atoms with Crippen molar-refractivity contribution in [1.29, 1.82) is 0 Å². The molecule has 0 amide bonds. The van der Waals surface area contributed by atoms with Gasteiger partial charge in [0.1, 0.15) is 5.82 Å². The van der Waals surface area contributed by atoms with E-state index < -0.39 is 0 Å². The molecule has 1 aromatic rings. The topological polar surface area (TPSA) is 41.3 Å². The fourth-order valence-electron chi connectivity index (χ4n) is 1.42. The van der Waals surface area contributed by atoms with Crippen LogP contribution in [-0.2, 0) is 13.6 Å². The fraction of sp³-hybridized carbons (Fsp3) is 0.750. The van der Waals surface area contributed by atoms with E-state index in [4.69, 9.17) is 0 Å². The van der Waals surface area contributed by atoms with E-state index in [-0.39, 0.29) is 11.5 Å². The lowest BCUT2D eigenvalue weighted by Gasteiger charge is -2.29. The van der Waals surface area contributed by atoms with E-state index in [2.05, 4.69) is 9.88 Å². The minimum absolute atomic E-state index is 0.0735. The van der Waals surface area contributed by atoms with Crippen molar-refractivity contribution in [3.05, 3.63) is 18.2 Å². The number of aliphatic hydroxyl groups is 1. The predicted molar refractivity (Wildman–Crippen MR) is 65.0 cm³/mol. The van der Waals surface area contributed by atoms with Crippen LogP contribution in [0.1, 0.15) is 26.6 Å². The summed E-state index contributed by atoms with van der Waals surface area (Å²) in [7, 11) is 3.99. The highest BCUT2D eigenvalue weighted by Gasteiger charge is 2.23. The van der Waals surface area contributed by atoms with Gasteiger partial charge in [-0.25, -0.2) is 4.98 Å². The molecule has 0 saturated heterocycles. The number of rotatable bonds is 4. The lowest BCUT2D eigenvalue weighted by Crippen LogP contribution is -2.37. The van der Waals surface area contributed by atoms with Gasteiger partial charge in [0.15, 0.2) is 0 Å². The molecule has 0 aromatic carbocycles. The maximum atomic E-state index is 9.99. The van der Waals surface area contributed by atoms with Gasteiger partial charge in [-0.1, -0.05) is 20.8 Å². The summed E-state index contributed by atoms with van der Waals surface area (Å²) < 4.78 is 2.00. The molecule has 4 heteroatoms. The maximum Gasteiger partial charge on any atom is 0.122 e. The molecule has 4 nitrogen and oxygen atoms in total. The quantitative estimate of drug-likeness (QED) is 0.838. The molecule has 1 unspecified atom stereocenters. The van der Waals surface area contributed by atoms with E-state index in [0.717, 1.165) is 12.4 Å². The van der Waals surface area contributed by atoms with Crippen LogP contribution < -0.4 is 0 Å². The van der Waals surface area contributed by atoms with Gasteiger partial charge in [0.2, 0.25) is 0 Å². The highest BCUT2D eigenvalue weighted by Crippen LogP contribution is 2.19. The number of likely N-dealkylation sites (N-methyl/N-ethyl adjacent to an activating group) is 1. The zero-order chi connectivity index (χ0) is 12.3. The number of hydrogen-bond acceptors (Lipinski definition) is 3. The van der Waals surface area contributed by atoms with Crippen LogP contribution in [0.2, 0.25) is 0 Å². The van der Waals surface area contributed by atoms with Gasteiger partial charge in [0.05, 0.1) is 12.6 Å². The number of aliphatic hydroxyl groups excluding tert-OH is 1. The number of hydrogen-bond donors (Lipinski definition) is 1. The molecular weight excluding hydrogens is 202 g/mol. The highest BCUT2D eigenvalue weighted by molar-refractivity contribution is 4.91. The van der Waals surface area contributed by atoms with Crippen molar-refractivity contribution < 1.29 is 5.11 Å². The smallest absolute Gasteiger partial charge is 0.122 e. The van der Waals surface area contributed by atoms with Crippen LogP contribution in [0.5, 0.6) is 0 Å². The fourth-order valence-corrected chi connectivity index (χ4v) is 1.42. The van der Waals surface area contributed by atoms with Gasteiger partial charge >= 0.3 is 0 Å². The van der Waals surface area contributed by atoms with E-state index in [1.165, 1.54) is 0 Å². The molecule has 1 heterocycles. The Morgan fingerprint density at radius 3 is 2.56 bits per heavy atom. The first-order valence-electron chi connectivity index (χ1n) is 5.63. The summed E-state index contributed by atoms with van der Waals surface area (Å²) in [4.78, 5) is 6.36. The molecule has 0 aliphatic heterocycles. The zero-order valence-corrected chi connectivity index (χ0v) is 10.9. The third-order valence-electron chi connectivity index (χ3n) is 2.82. The van der Waals surface area contributed by atoms with Gasteiger partial charge in [-0.05, 0) is 12.5 Å². The first kappa shape index (κ1) is 13.2. The van der Waals surface area contributed by atoms with Gasteiger partial charge in [0.25, 0.3) is 0 Å². The minimum Gasteiger partial charge on any atom is -0.391 e. The van der Waals surface area contributed by atoms with Crippen molar-refractivity contribution in [3.8, 4) is 0 Å². The van der Waals surface area contributed by atoms with Crippen LogP contribution in [0.15, 0.2) is 12.4 Å². The van der Waals surface area contributed by atoms with E-state index in [1.54, 1.807) is 6.20 Å². The number of imidazole rings is 1. The van der Waals surface area contributed by atoms with Gasteiger partial charge in [-0.2, -0.15) is 0 Å². The summed E-state index contributed by atoms with van der Waals surface area (Å²) in [5.41, 5.74) is -0.0735. The standard InChI is InChI=1S/C12H23N3O/c1-12(2,3)10(16)8-14(4)9-11-13-6-7-15(11)5/h6-7,10,16H,8-9H2,1-5H3. The van der Waals surface area contributed by atoms with E-state index in [1.807, 2.05) is 45.6 Å². The monoisotopic (exact) mass is 225 g/mol. The number of aryl methyl sites for hydroxylation is 1. The normalized spacial score (nSPS) is 14.4. The Kier molecular flexibility index (Phi) is 4.10. The Morgan fingerprint density at radius 2 is 2.12 bits per heavy atom. The van der Waals surface area contributed by atoms with E-state index >= 15 is 0 Å². The molecule has 16 heavy (non-hydrogen) atoms. The van der Waals surface area contributed by atoms with Crippen LogP contribution in [0.3, 0.4) is 0 Å². The van der Waals surface area contributed by atoms with Crippen molar-refractivity contribution in [1.82, 2.24) is 14.5 Å². The molecule has 0 radical (unpaired) electrons. The van der Waals surface area contributed by atoms with Crippen LogP contribution in [-0.4, -0.2) is 39.3 Å². The third-order valence-corrected chi connectivity index (χ3v) is 2.82. The molecule has 1 N–H and O–H groups in total. The minimum atomic E-state index is -0.322. The van der Waals surface area contributed by atoms with Crippen molar-refractivity contribution in [2.75, 3.05) is 13.6 Å². The second kappa shape index (κ2) is 4.97. The average Bonchev–Trinajstić information content (AvgIpc) is 2.50. The van der Waals surface area contributed by atoms with Gasteiger partial charge < -0.3 is 9.67 Å². The Morgan fingerprint density at radius 1 is 1.50 bits per heavy atom. The third kappa shape index (κ3) is 3.61. The molecule has 1 rings (SSSR count). The Bertz CT molecular complexity index is 327. The molecule has 0 aliphatic carbocycles. The Balaban J connectivity index is 2.48. The van der Waals surface area contributed by atoms with Crippen LogP contribution in [0.25, 0.3) is 0 Å². The van der Waals surface area contributed by atoms with Crippen molar-refractivity contribution in [2.45, 2.75) is 33.4 Å². The summed E-state index contributed by atoms with van der Waals surface area (Å²) in [6.45, 7) is 7.57. The van der Waals surface area contributed by atoms with Crippen LogP contribution in [0.4, 0.5) is 0 Å². The summed E-state index contributed by atoms with van der Waals surface area (Å²) >= 11 is 0. The SMILES string of the molecule is CN(Cc1nccn1C)CC(O)C(C)(C)C. The van der Waals surface area contributed by atoms with Gasteiger partial charge in [0, 0.05) is 26.0 Å². The molecule has 0 fully saturated rings. The van der Waals surface area contributed by atoms with Gasteiger partial charge in [-0.15, -0.1) is 0 Å². The largest absolute Gasteiger partial charge is 0.391 e. The molecule has 0 saturated carbocycles. The average molecular weight is 225 g/mol. The summed E-state index contributed by atoms with van der Waals surface area (Å²) in [6.07, 6.45) is 3.41. The number of nitrogens with zero attached hydrogens (tertiary/aromatic N) is 3. The molecule has 0 bridgehead atoms.